The molecule has 0 aliphatic heterocycles. The SMILES string of the molecule is CCCCCCCC/C=C\CCCCCCCC(=O)C(CC(O)CO)(C(=O)Oc1c(I)cc(I)c(N)c1I)C(CCC)c1c(I)cc(I)c(N)c1I. The first-order valence-electron chi connectivity index (χ1n) is 18.3. The predicted octanol–water partition coefficient (Wildman–Crippen LogP) is 12.3. The van der Waals surface area contributed by atoms with Crippen LogP contribution in [0.5, 0.6) is 5.75 Å². The Kier molecular flexibility index (Phi) is 24.9. The number of esters is 1. The number of unbranched alkanes of at least 4 members (excludes halogenated alkanes) is 11. The molecule has 0 aliphatic rings. The molecule has 0 spiro atoms. The van der Waals surface area contributed by atoms with Gasteiger partial charge in [-0.2, -0.15) is 0 Å². The van der Waals surface area contributed by atoms with Gasteiger partial charge in [-0.15, -0.1) is 0 Å². The van der Waals surface area contributed by atoms with Crippen molar-refractivity contribution in [3.63, 3.8) is 0 Å². The molecule has 0 aromatic heterocycles. The van der Waals surface area contributed by atoms with Crippen molar-refractivity contribution in [2.24, 2.45) is 5.41 Å². The number of ether oxygens (including phenoxy) is 1. The van der Waals surface area contributed by atoms with Crippen LogP contribution in [0.4, 0.5) is 11.4 Å². The van der Waals surface area contributed by atoms with Crippen LogP contribution in [0.2, 0.25) is 0 Å². The zero-order chi connectivity index (χ0) is 38.8. The van der Waals surface area contributed by atoms with E-state index in [1.165, 1.54) is 38.5 Å². The first kappa shape index (κ1) is 49.4. The van der Waals surface area contributed by atoms with Crippen LogP contribution in [-0.4, -0.2) is 34.7 Å². The first-order valence-corrected chi connectivity index (χ1v) is 24.8. The molecule has 0 fully saturated rings. The number of ketones is 1. The second-order valence-electron chi connectivity index (χ2n) is 13.4. The molecule has 0 saturated heterocycles. The molecular formula is C39H54I6N2O5. The normalized spacial score (nSPS) is 14.0. The minimum Gasteiger partial charge on any atom is -0.423 e. The number of allylic oxidation sites excluding steroid dienone is 2. The summed E-state index contributed by atoms with van der Waals surface area (Å²) in [7, 11) is 0. The number of anilines is 2. The van der Waals surface area contributed by atoms with Gasteiger partial charge in [0.1, 0.15) is 5.41 Å². The van der Waals surface area contributed by atoms with Gasteiger partial charge in [0, 0.05) is 26.6 Å². The van der Waals surface area contributed by atoms with E-state index in [0.717, 1.165) is 58.4 Å². The van der Waals surface area contributed by atoms with Gasteiger partial charge in [0.05, 0.1) is 31.2 Å². The molecule has 292 valence electrons. The highest BCUT2D eigenvalue weighted by molar-refractivity contribution is 14.1. The Morgan fingerprint density at radius 3 is 1.83 bits per heavy atom. The zero-order valence-corrected chi connectivity index (χ0v) is 43.2. The number of aliphatic hydroxyl groups is 2. The molecule has 2 aromatic carbocycles. The lowest BCUT2D eigenvalue weighted by Gasteiger charge is -2.40. The topological polar surface area (TPSA) is 136 Å². The molecule has 52 heavy (non-hydrogen) atoms. The van der Waals surface area contributed by atoms with Gasteiger partial charge < -0.3 is 26.4 Å². The van der Waals surface area contributed by atoms with Gasteiger partial charge in [0.2, 0.25) is 0 Å². The van der Waals surface area contributed by atoms with Crippen LogP contribution in [0.25, 0.3) is 0 Å². The molecule has 13 heteroatoms. The summed E-state index contributed by atoms with van der Waals surface area (Å²) < 4.78 is 10.9. The molecule has 6 N–H and O–H groups in total. The van der Waals surface area contributed by atoms with Gasteiger partial charge in [-0.25, -0.2) is 0 Å². The lowest BCUT2D eigenvalue weighted by molar-refractivity contribution is -0.158. The van der Waals surface area contributed by atoms with E-state index >= 15 is 0 Å². The standard InChI is InChI=1S/C39H54I6N2O5/c1-3-5-6-7-8-9-10-11-12-13-14-15-16-17-18-20-31(50)39(23-25(49)24-48,38(51)52-37-30(43)22-29(42)36(47)34(37)45)26(19-4-2)32-27(40)21-28(41)35(46)33(32)44/h11-12,21-22,25-26,48-49H,3-10,13-20,23-24,46-47H2,1-2H3/b12-11-. The summed E-state index contributed by atoms with van der Waals surface area (Å²) in [6.45, 7) is 3.67. The number of aliphatic hydroxyl groups excluding tert-OH is 2. The van der Waals surface area contributed by atoms with Gasteiger partial charge in [-0.1, -0.05) is 83.8 Å². The second kappa shape index (κ2) is 26.3. The minimum atomic E-state index is -1.79. The van der Waals surface area contributed by atoms with Crippen molar-refractivity contribution in [2.75, 3.05) is 18.1 Å². The van der Waals surface area contributed by atoms with Crippen LogP contribution < -0.4 is 16.2 Å². The van der Waals surface area contributed by atoms with E-state index in [1.807, 2.05) is 19.1 Å². The molecule has 3 unspecified atom stereocenters. The fourth-order valence-electron chi connectivity index (χ4n) is 6.54. The molecule has 3 atom stereocenters. The predicted molar refractivity (Wildman–Crippen MR) is 266 cm³/mol. The van der Waals surface area contributed by atoms with Crippen LogP contribution in [0.3, 0.4) is 0 Å². The van der Waals surface area contributed by atoms with Crippen LogP contribution in [-0.2, 0) is 9.59 Å². The van der Waals surface area contributed by atoms with Gasteiger partial charge >= 0.3 is 5.97 Å². The number of nitrogen functional groups attached to an aromatic ring is 2. The fourth-order valence-corrected chi connectivity index (χ4v) is 14.3. The second-order valence-corrected chi connectivity index (χ2v) is 20.2. The van der Waals surface area contributed by atoms with E-state index in [2.05, 4.69) is 155 Å². The zero-order valence-electron chi connectivity index (χ0n) is 30.2. The van der Waals surface area contributed by atoms with Gasteiger partial charge in [0.25, 0.3) is 0 Å². The third-order valence-electron chi connectivity index (χ3n) is 9.42. The van der Waals surface area contributed by atoms with E-state index in [9.17, 15) is 19.8 Å². The number of nitrogens with two attached hydrogens (primary N) is 2. The monoisotopic (exact) mass is 1390 g/mol. The first-order chi connectivity index (χ1) is 24.8. The summed E-state index contributed by atoms with van der Waals surface area (Å²) in [5, 5.41) is 21.2. The van der Waals surface area contributed by atoms with E-state index in [0.29, 0.717) is 43.5 Å². The molecule has 2 rings (SSSR count). The number of carbonyl (C=O) groups excluding carboxylic acids is 2. The molecule has 0 aliphatic carbocycles. The third-order valence-corrected chi connectivity index (χ3v) is 15.1. The van der Waals surface area contributed by atoms with Gasteiger partial charge in [-0.3, -0.25) is 9.59 Å². The van der Waals surface area contributed by atoms with Crippen molar-refractivity contribution >= 4 is 159 Å². The number of benzene rings is 2. The minimum absolute atomic E-state index is 0.154. The van der Waals surface area contributed by atoms with Crippen molar-refractivity contribution < 1.29 is 24.5 Å². The Labute approximate surface area is 393 Å². The number of halogens is 6. The summed E-state index contributed by atoms with van der Waals surface area (Å²) in [4.78, 5) is 29.8. The Balaban J connectivity index is 2.38. The highest BCUT2D eigenvalue weighted by Gasteiger charge is 2.55. The van der Waals surface area contributed by atoms with Gasteiger partial charge in [-0.05, 0) is 198 Å². The molecule has 2 aromatic rings. The summed E-state index contributed by atoms with van der Waals surface area (Å²) >= 11 is 13.0. The quantitative estimate of drug-likeness (QED) is 0.0148. The smallest absolute Gasteiger partial charge is 0.325 e. The molecule has 7 nitrogen and oxygen atoms in total. The Bertz CT molecular complexity index is 1490. The van der Waals surface area contributed by atoms with Crippen molar-refractivity contribution in [1.82, 2.24) is 0 Å². The van der Waals surface area contributed by atoms with E-state index in [4.69, 9.17) is 16.2 Å². The Morgan fingerprint density at radius 1 is 0.750 bits per heavy atom. The number of Topliss-reactive ketones (excluding diaryl/α,β-unsaturated/α-hetero) is 1. The number of hydrogen-bond acceptors (Lipinski definition) is 7. The number of hydrogen-bond donors (Lipinski definition) is 4. The highest BCUT2D eigenvalue weighted by atomic mass is 127. The van der Waals surface area contributed by atoms with Gasteiger partial charge in [0.15, 0.2) is 11.5 Å². The maximum Gasteiger partial charge on any atom is 0.325 e. The lowest BCUT2D eigenvalue weighted by atomic mass is 9.63. The van der Waals surface area contributed by atoms with Crippen LogP contribution in [0.15, 0.2) is 24.3 Å². The summed E-state index contributed by atoms with van der Waals surface area (Å²) in [6, 6.07) is 3.81. The van der Waals surface area contributed by atoms with Crippen molar-refractivity contribution in [3.8, 4) is 5.75 Å². The van der Waals surface area contributed by atoms with E-state index in [1.54, 1.807) is 0 Å². The average molecular weight is 1390 g/mol. The number of rotatable bonds is 25. The Hall–Kier alpha value is 1.22. The van der Waals surface area contributed by atoms with Crippen molar-refractivity contribution in [1.29, 1.82) is 0 Å². The number of carbonyl (C=O) groups is 2. The lowest BCUT2D eigenvalue weighted by Crippen LogP contribution is -2.50. The van der Waals surface area contributed by atoms with Crippen LogP contribution >= 0.6 is 136 Å². The Morgan fingerprint density at radius 2 is 1.27 bits per heavy atom. The van der Waals surface area contributed by atoms with E-state index < -0.39 is 30.0 Å². The highest BCUT2D eigenvalue weighted by Crippen LogP contribution is 2.50. The maximum absolute atomic E-state index is 14.9. The fraction of sp³-hybridized carbons (Fsp3) is 0.590. The molecular weight excluding hydrogens is 1340 g/mol. The molecule has 0 radical (unpaired) electrons. The molecule has 0 amide bonds. The summed E-state index contributed by atoms with van der Waals surface area (Å²) in [5.74, 6) is -1.39. The maximum atomic E-state index is 14.9. The largest absolute Gasteiger partial charge is 0.423 e. The molecule has 0 bridgehead atoms. The van der Waals surface area contributed by atoms with Crippen molar-refractivity contribution in [3.05, 3.63) is 51.3 Å². The summed E-state index contributed by atoms with van der Waals surface area (Å²) in [6.07, 6.45) is 19.1. The molecule has 0 heterocycles. The van der Waals surface area contributed by atoms with Crippen LogP contribution in [0.1, 0.15) is 134 Å². The average Bonchev–Trinajstić information content (AvgIpc) is 3.11. The van der Waals surface area contributed by atoms with E-state index in [-0.39, 0.29) is 18.6 Å². The molecule has 0 saturated carbocycles. The van der Waals surface area contributed by atoms with Crippen LogP contribution in [0, 0.1) is 26.8 Å². The van der Waals surface area contributed by atoms with Crippen molar-refractivity contribution in [2.45, 2.75) is 135 Å². The third kappa shape index (κ3) is 14.6. The summed E-state index contributed by atoms with van der Waals surface area (Å²) in [5.41, 5.74) is 13.0.